The van der Waals surface area contributed by atoms with Crippen molar-refractivity contribution in [3.05, 3.63) is 0 Å². The van der Waals surface area contributed by atoms with Gasteiger partial charge in [0.05, 0.1) is 19.1 Å². The number of nitrogens with one attached hydrogen (secondary N) is 1. The van der Waals surface area contributed by atoms with E-state index in [-0.39, 0.29) is 5.92 Å². The average molecular weight is 224 g/mol. The predicted octanol–water partition coefficient (Wildman–Crippen LogP) is 0.0908. The van der Waals surface area contributed by atoms with Crippen LogP contribution in [0, 0.1) is 17.8 Å². The first-order chi connectivity index (χ1) is 7.84. The van der Waals surface area contributed by atoms with Crippen molar-refractivity contribution in [2.75, 3.05) is 39.4 Å². The lowest BCUT2D eigenvalue weighted by molar-refractivity contribution is -0.135. The highest BCUT2D eigenvalue weighted by Crippen LogP contribution is 2.30. The van der Waals surface area contributed by atoms with Crippen LogP contribution in [0.25, 0.3) is 0 Å². The van der Waals surface area contributed by atoms with Gasteiger partial charge in [0.25, 0.3) is 0 Å². The molecule has 3 rings (SSSR count). The summed E-state index contributed by atoms with van der Waals surface area (Å²) < 4.78 is 5.43. The Labute approximate surface area is 96.3 Å². The molecule has 1 N–H and O–H groups in total. The Morgan fingerprint density at radius 2 is 2.00 bits per heavy atom. The molecular weight excluding hydrogens is 204 g/mol. The van der Waals surface area contributed by atoms with Crippen LogP contribution in [0.4, 0.5) is 0 Å². The third kappa shape index (κ3) is 1.84. The van der Waals surface area contributed by atoms with E-state index in [1.54, 1.807) is 0 Å². The number of likely N-dealkylation sites (tertiary alicyclic amines) is 1. The molecule has 0 aromatic heterocycles. The highest BCUT2D eigenvalue weighted by molar-refractivity contribution is 5.79. The monoisotopic (exact) mass is 224 g/mol. The number of carbonyl (C=O) groups excluding carboxylic acids is 1. The molecule has 0 aromatic rings. The van der Waals surface area contributed by atoms with Gasteiger partial charge in [-0.1, -0.05) is 0 Å². The fourth-order valence-electron chi connectivity index (χ4n) is 3.19. The molecule has 3 heterocycles. The minimum atomic E-state index is 0.230. The number of amides is 1. The van der Waals surface area contributed by atoms with Crippen LogP contribution < -0.4 is 5.32 Å². The van der Waals surface area contributed by atoms with Crippen molar-refractivity contribution >= 4 is 5.91 Å². The Hall–Kier alpha value is -0.610. The Bertz CT molecular complexity index is 264. The third-order valence-electron chi connectivity index (χ3n) is 4.20. The molecule has 0 saturated carbocycles. The van der Waals surface area contributed by atoms with E-state index in [0.29, 0.717) is 17.7 Å². The largest absolute Gasteiger partial charge is 0.381 e. The van der Waals surface area contributed by atoms with E-state index in [0.717, 1.165) is 52.2 Å². The SMILES string of the molecule is O=C([C@@H]1CCCNC1)N1C[C@@H]2COC[C@H]2C1. The lowest BCUT2D eigenvalue weighted by Gasteiger charge is -2.27. The maximum Gasteiger partial charge on any atom is 0.226 e. The zero-order valence-electron chi connectivity index (χ0n) is 9.65. The van der Waals surface area contributed by atoms with E-state index < -0.39 is 0 Å². The van der Waals surface area contributed by atoms with E-state index in [4.69, 9.17) is 4.74 Å². The normalized spacial score (nSPS) is 38.8. The molecule has 0 unspecified atom stereocenters. The molecule has 1 amide bonds. The van der Waals surface area contributed by atoms with Gasteiger partial charge in [-0.3, -0.25) is 4.79 Å². The minimum Gasteiger partial charge on any atom is -0.381 e. The molecule has 0 bridgehead atoms. The van der Waals surface area contributed by atoms with Crippen molar-refractivity contribution in [3.63, 3.8) is 0 Å². The average Bonchev–Trinajstić information content (AvgIpc) is 2.89. The fraction of sp³-hybridized carbons (Fsp3) is 0.917. The van der Waals surface area contributed by atoms with Gasteiger partial charge in [-0.15, -0.1) is 0 Å². The number of carbonyl (C=O) groups is 1. The van der Waals surface area contributed by atoms with Gasteiger partial charge in [0.2, 0.25) is 5.91 Å². The molecule has 16 heavy (non-hydrogen) atoms. The van der Waals surface area contributed by atoms with Crippen LogP contribution in [-0.4, -0.2) is 50.2 Å². The van der Waals surface area contributed by atoms with Gasteiger partial charge in [0, 0.05) is 31.5 Å². The number of hydrogen-bond donors (Lipinski definition) is 1. The van der Waals surface area contributed by atoms with E-state index in [1.807, 2.05) is 0 Å². The summed E-state index contributed by atoms with van der Waals surface area (Å²) in [6, 6.07) is 0. The maximum absolute atomic E-state index is 12.3. The maximum atomic E-state index is 12.3. The molecule has 3 aliphatic heterocycles. The first-order valence-electron chi connectivity index (χ1n) is 6.42. The summed E-state index contributed by atoms with van der Waals surface area (Å²) in [6.07, 6.45) is 2.20. The molecule has 0 aliphatic carbocycles. The zero-order valence-corrected chi connectivity index (χ0v) is 9.65. The number of piperidine rings is 1. The van der Waals surface area contributed by atoms with Crippen molar-refractivity contribution in [1.82, 2.24) is 10.2 Å². The molecule has 4 nitrogen and oxygen atoms in total. The second-order valence-corrected chi connectivity index (χ2v) is 5.34. The second-order valence-electron chi connectivity index (χ2n) is 5.34. The smallest absolute Gasteiger partial charge is 0.226 e. The molecule has 3 aliphatic rings. The summed E-state index contributed by atoms with van der Waals surface area (Å²) in [7, 11) is 0. The van der Waals surface area contributed by atoms with Crippen molar-refractivity contribution in [2.24, 2.45) is 17.8 Å². The standard InChI is InChI=1S/C12H20N2O2/c15-12(9-2-1-3-13-4-9)14-5-10-7-16-8-11(10)6-14/h9-11,13H,1-8H2/t9-,10-,11-/m1/s1. The molecule has 0 radical (unpaired) electrons. The molecule has 3 fully saturated rings. The minimum absolute atomic E-state index is 0.230. The molecular formula is C12H20N2O2. The van der Waals surface area contributed by atoms with Gasteiger partial charge in [-0.25, -0.2) is 0 Å². The van der Waals surface area contributed by atoms with E-state index >= 15 is 0 Å². The molecule has 4 heteroatoms. The third-order valence-corrected chi connectivity index (χ3v) is 4.20. The van der Waals surface area contributed by atoms with E-state index in [2.05, 4.69) is 10.2 Å². The summed E-state index contributed by atoms with van der Waals surface area (Å²) in [5, 5.41) is 3.32. The molecule has 90 valence electrons. The summed E-state index contributed by atoms with van der Waals surface area (Å²) >= 11 is 0. The Morgan fingerprint density at radius 3 is 2.62 bits per heavy atom. The highest BCUT2D eigenvalue weighted by atomic mass is 16.5. The summed E-state index contributed by atoms with van der Waals surface area (Å²) in [6.45, 7) is 5.53. The number of hydrogen-bond acceptors (Lipinski definition) is 3. The number of rotatable bonds is 1. The number of ether oxygens (including phenoxy) is 1. The predicted molar refractivity (Wildman–Crippen MR) is 60.0 cm³/mol. The molecule has 3 atom stereocenters. The van der Waals surface area contributed by atoms with Crippen LogP contribution in [0.3, 0.4) is 0 Å². The van der Waals surface area contributed by atoms with Gasteiger partial charge in [-0.05, 0) is 19.4 Å². The topological polar surface area (TPSA) is 41.6 Å². The van der Waals surface area contributed by atoms with Crippen LogP contribution in [0.2, 0.25) is 0 Å². The van der Waals surface area contributed by atoms with Gasteiger partial charge >= 0.3 is 0 Å². The van der Waals surface area contributed by atoms with Crippen molar-refractivity contribution in [2.45, 2.75) is 12.8 Å². The first kappa shape index (κ1) is 10.5. The van der Waals surface area contributed by atoms with Crippen LogP contribution in [0.5, 0.6) is 0 Å². The van der Waals surface area contributed by atoms with Gasteiger partial charge in [-0.2, -0.15) is 0 Å². The van der Waals surface area contributed by atoms with Gasteiger partial charge in [0.1, 0.15) is 0 Å². The zero-order chi connectivity index (χ0) is 11.0. The van der Waals surface area contributed by atoms with Crippen LogP contribution in [0.1, 0.15) is 12.8 Å². The lowest BCUT2D eigenvalue weighted by Crippen LogP contribution is -2.42. The highest BCUT2D eigenvalue weighted by Gasteiger charge is 2.40. The lowest BCUT2D eigenvalue weighted by atomic mass is 9.98. The van der Waals surface area contributed by atoms with Gasteiger partial charge < -0.3 is 15.0 Å². The molecule has 3 saturated heterocycles. The second kappa shape index (κ2) is 4.34. The van der Waals surface area contributed by atoms with Crippen LogP contribution >= 0.6 is 0 Å². The van der Waals surface area contributed by atoms with Crippen molar-refractivity contribution < 1.29 is 9.53 Å². The van der Waals surface area contributed by atoms with Gasteiger partial charge in [0.15, 0.2) is 0 Å². The van der Waals surface area contributed by atoms with E-state index in [9.17, 15) is 4.79 Å². The number of fused-ring (bicyclic) bond motifs is 1. The first-order valence-corrected chi connectivity index (χ1v) is 6.42. The van der Waals surface area contributed by atoms with Crippen molar-refractivity contribution in [3.8, 4) is 0 Å². The Morgan fingerprint density at radius 1 is 1.25 bits per heavy atom. The number of nitrogens with zero attached hydrogens (tertiary/aromatic N) is 1. The van der Waals surface area contributed by atoms with Crippen LogP contribution in [-0.2, 0) is 9.53 Å². The van der Waals surface area contributed by atoms with Crippen molar-refractivity contribution in [1.29, 1.82) is 0 Å². The Kier molecular flexibility index (Phi) is 2.86. The van der Waals surface area contributed by atoms with E-state index in [1.165, 1.54) is 0 Å². The fourth-order valence-corrected chi connectivity index (χ4v) is 3.19. The van der Waals surface area contributed by atoms with Crippen LogP contribution in [0.15, 0.2) is 0 Å². The Balaban J connectivity index is 1.59. The summed E-state index contributed by atoms with van der Waals surface area (Å²) in [5.74, 6) is 1.83. The molecule has 0 spiro atoms. The quantitative estimate of drug-likeness (QED) is 0.686. The summed E-state index contributed by atoms with van der Waals surface area (Å²) in [5.41, 5.74) is 0. The summed E-state index contributed by atoms with van der Waals surface area (Å²) in [4.78, 5) is 14.4. The molecule has 0 aromatic carbocycles.